The van der Waals surface area contributed by atoms with Gasteiger partial charge in [0.15, 0.2) is 0 Å². The Morgan fingerprint density at radius 2 is 2.06 bits per heavy atom. The standard InChI is InChI=1S/C11H6N2OS2/c12-6-8-3-1-7(2-4-8)5-9-10(14)13-11(15)16-9/h1-5H,(H,13,14,15)/b9-5+. The van der Waals surface area contributed by atoms with Gasteiger partial charge >= 0.3 is 0 Å². The van der Waals surface area contributed by atoms with Gasteiger partial charge in [-0.15, -0.1) is 0 Å². The molecular formula is C11H6N2OS2. The van der Waals surface area contributed by atoms with Crippen LogP contribution < -0.4 is 5.32 Å². The molecule has 0 atom stereocenters. The SMILES string of the molecule is N#Cc1ccc(/C=C2/SC(=S)NC2=O)cc1. The van der Waals surface area contributed by atoms with Gasteiger partial charge in [0.25, 0.3) is 5.91 Å². The van der Waals surface area contributed by atoms with Crippen molar-refractivity contribution in [3.63, 3.8) is 0 Å². The molecule has 16 heavy (non-hydrogen) atoms. The third kappa shape index (κ3) is 2.30. The molecule has 1 fully saturated rings. The van der Waals surface area contributed by atoms with E-state index in [1.165, 1.54) is 11.8 Å². The number of benzene rings is 1. The van der Waals surface area contributed by atoms with Gasteiger partial charge < -0.3 is 5.32 Å². The molecule has 0 spiro atoms. The maximum Gasteiger partial charge on any atom is 0.263 e. The van der Waals surface area contributed by atoms with Crippen molar-refractivity contribution in [2.45, 2.75) is 0 Å². The molecule has 0 radical (unpaired) electrons. The number of thioether (sulfide) groups is 1. The van der Waals surface area contributed by atoms with E-state index in [2.05, 4.69) is 5.32 Å². The predicted octanol–water partition coefficient (Wildman–Crippen LogP) is 2.05. The molecule has 1 amide bonds. The molecule has 0 saturated carbocycles. The number of nitrogens with zero attached hydrogens (tertiary/aromatic N) is 1. The predicted molar refractivity (Wildman–Crippen MR) is 67.5 cm³/mol. The van der Waals surface area contributed by atoms with Gasteiger partial charge in [0, 0.05) is 0 Å². The van der Waals surface area contributed by atoms with Gasteiger partial charge in [0.2, 0.25) is 0 Å². The molecule has 1 aliphatic heterocycles. The van der Waals surface area contributed by atoms with E-state index < -0.39 is 0 Å². The average molecular weight is 246 g/mol. The number of rotatable bonds is 1. The van der Waals surface area contributed by atoms with Crippen LogP contribution in [0.15, 0.2) is 29.2 Å². The normalized spacial score (nSPS) is 17.3. The molecule has 5 heteroatoms. The molecule has 0 aliphatic carbocycles. The molecule has 1 saturated heterocycles. The summed E-state index contributed by atoms with van der Waals surface area (Å²) < 4.78 is 0.477. The van der Waals surface area contributed by atoms with E-state index in [9.17, 15) is 4.79 Å². The van der Waals surface area contributed by atoms with Crippen LogP contribution in [0.5, 0.6) is 0 Å². The monoisotopic (exact) mass is 246 g/mol. The van der Waals surface area contributed by atoms with Gasteiger partial charge in [0.1, 0.15) is 4.32 Å². The largest absolute Gasteiger partial charge is 0.307 e. The highest BCUT2D eigenvalue weighted by atomic mass is 32.2. The molecule has 0 bridgehead atoms. The van der Waals surface area contributed by atoms with Crippen LogP contribution in [0.1, 0.15) is 11.1 Å². The maximum absolute atomic E-state index is 11.4. The number of carbonyl (C=O) groups is 1. The number of hydrogen-bond donors (Lipinski definition) is 1. The molecule has 2 rings (SSSR count). The highest BCUT2D eigenvalue weighted by Crippen LogP contribution is 2.25. The summed E-state index contributed by atoms with van der Waals surface area (Å²) in [5.41, 5.74) is 1.47. The lowest BCUT2D eigenvalue weighted by Crippen LogP contribution is -2.17. The summed E-state index contributed by atoms with van der Waals surface area (Å²) in [6.45, 7) is 0. The zero-order chi connectivity index (χ0) is 11.5. The van der Waals surface area contributed by atoms with Crippen LogP contribution in [0.2, 0.25) is 0 Å². The molecule has 1 heterocycles. The van der Waals surface area contributed by atoms with E-state index in [-0.39, 0.29) is 5.91 Å². The Bertz CT molecular complexity index is 526. The quantitative estimate of drug-likeness (QED) is 0.608. The Labute approximate surface area is 102 Å². The first-order valence-electron chi connectivity index (χ1n) is 4.44. The molecule has 1 N–H and O–H groups in total. The van der Waals surface area contributed by atoms with E-state index in [0.717, 1.165) is 5.56 Å². The van der Waals surface area contributed by atoms with Crippen LogP contribution >= 0.6 is 24.0 Å². The minimum Gasteiger partial charge on any atom is -0.307 e. The highest BCUT2D eigenvalue weighted by molar-refractivity contribution is 8.26. The second-order valence-corrected chi connectivity index (χ2v) is 4.80. The average Bonchev–Trinajstić information content (AvgIpc) is 2.59. The number of thiocarbonyl (C=S) groups is 1. The second kappa shape index (κ2) is 4.47. The summed E-state index contributed by atoms with van der Waals surface area (Å²) >= 11 is 6.12. The Morgan fingerprint density at radius 1 is 1.38 bits per heavy atom. The van der Waals surface area contributed by atoms with Crippen molar-refractivity contribution < 1.29 is 4.79 Å². The first-order valence-corrected chi connectivity index (χ1v) is 5.66. The molecule has 0 aromatic heterocycles. The van der Waals surface area contributed by atoms with Crippen molar-refractivity contribution in [3.8, 4) is 6.07 Å². The lowest BCUT2D eigenvalue weighted by molar-refractivity contribution is -0.115. The fourth-order valence-electron chi connectivity index (χ4n) is 1.23. The molecule has 3 nitrogen and oxygen atoms in total. The number of carbonyl (C=O) groups excluding carboxylic acids is 1. The van der Waals surface area contributed by atoms with Crippen LogP contribution in [0.4, 0.5) is 0 Å². The molecule has 1 aromatic rings. The molecule has 1 aliphatic rings. The smallest absolute Gasteiger partial charge is 0.263 e. The topological polar surface area (TPSA) is 52.9 Å². The first-order chi connectivity index (χ1) is 7.69. The van der Waals surface area contributed by atoms with Gasteiger partial charge in [-0.1, -0.05) is 36.1 Å². The second-order valence-electron chi connectivity index (χ2n) is 3.09. The zero-order valence-corrected chi connectivity index (χ0v) is 9.69. The fraction of sp³-hybridized carbons (Fsp3) is 0. The summed E-state index contributed by atoms with van der Waals surface area (Å²) in [5.74, 6) is -0.167. The van der Waals surface area contributed by atoms with Crippen molar-refractivity contribution in [2.75, 3.05) is 0 Å². The molecular weight excluding hydrogens is 240 g/mol. The van der Waals surface area contributed by atoms with Gasteiger partial charge in [-0.05, 0) is 23.8 Å². The van der Waals surface area contributed by atoms with Gasteiger partial charge in [-0.3, -0.25) is 4.79 Å². The van der Waals surface area contributed by atoms with Gasteiger partial charge in [-0.25, -0.2) is 0 Å². The molecule has 0 unspecified atom stereocenters. The maximum atomic E-state index is 11.4. The van der Waals surface area contributed by atoms with Crippen LogP contribution in [-0.2, 0) is 4.79 Å². The Kier molecular flexibility index (Phi) is 3.04. The van der Waals surface area contributed by atoms with Crippen molar-refractivity contribution in [3.05, 3.63) is 40.3 Å². The van der Waals surface area contributed by atoms with Crippen LogP contribution in [0, 0.1) is 11.3 Å². The lowest BCUT2D eigenvalue weighted by Gasteiger charge is -1.94. The first kappa shape index (κ1) is 10.9. The van der Waals surface area contributed by atoms with E-state index in [4.69, 9.17) is 17.5 Å². The Balaban J connectivity index is 2.26. The van der Waals surface area contributed by atoms with Crippen molar-refractivity contribution in [2.24, 2.45) is 0 Å². The zero-order valence-electron chi connectivity index (χ0n) is 8.06. The third-order valence-corrected chi connectivity index (χ3v) is 3.14. The molecule has 1 aromatic carbocycles. The van der Waals surface area contributed by atoms with Crippen molar-refractivity contribution >= 4 is 40.3 Å². The minimum absolute atomic E-state index is 0.167. The summed E-state index contributed by atoms with van der Waals surface area (Å²) in [6.07, 6.45) is 1.75. The Morgan fingerprint density at radius 3 is 2.56 bits per heavy atom. The summed E-state index contributed by atoms with van der Waals surface area (Å²) in [4.78, 5) is 12.0. The van der Waals surface area contributed by atoms with Gasteiger partial charge in [-0.2, -0.15) is 5.26 Å². The lowest BCUT2D eigenvalue weighted by atomic mass is 10.1. The van der Waals surface area contributed by atoms with Crippen molar-refractivity contribution in [1.82, 2.24) is 5.32 Å². The van der Waals surface area contributed by atoms with Gasteiger partial charge in [0.05, 0.1) is 16.5 Å². The minimum atomic E-state index is -0.167. The highest BCUT2D eigenvalue weighted by Gasteiger charge is 2.21. The Hall–Kier alpha value is -1.64. The number of nitrogens with one attached hydrogen (secondary N) is 1. The van der Waals surface area contributed by atoms with Crippen LogP contribution in [0.3, 0.4) is 0 Å². The summed E-state index contributed by atoms with van der Waals surface area (Å²) in [7, 11) is 0. The van der Waals surface area contributed by atoms with E-state index in [1.807, 2.05) is 6.07 Å². The number of hydrogen-bond acceptors (Lipinski definition) is 4. The van der Waals surface area contributed by atoms with E-state index in [0.29, 0.717) is 14.8 Å². The van der Waals surface area contributed by atoms with Crippen molar-refractivity contribution in [1.29, 1.82) is 5.26 Å². The summed E-state index contributed by atoms with van der Waals surface area (Å²) in [5, 5.41) is 11.2. The fourth-order valence-corrected chi connectivity index (χ4v) is 2.27. The molecule has 78 valence electrons. The van der Waals surface area contributed by atoms with Crippen LogP contribution in [0.25, 0.3) is 6.08 Å². The summed E-state index contributed by atoms with van der Waals surface area (Å²) in [6, 6.07) is 9.04. The van der Waals surface area contributed by atoms with E-state index >= 15 is 0 Å². The number of nitriles is 1. The number of amides is 1. The van der Waals surface area contributed by atoms with Crippen LogP contribution in [-0.4, -0.2) is 10.2 Å². The van der Waals surface area contributed by atoms with E-state index in [1.54, 1.807) is 30.3 Å². The third-order valence-electron chi connectivity index (χ3n) is 1.98.